The molecule has 2 fully saturated rings. The number of amides is 1. The molecule has 2 saturated heterocycles. The maximum Gasteiger partial charge on any atom is 0.249 e. The van der Waals surface area contributed by atoms with Crippen molar-refractivity contribution < 1.29 is 14.3 Å². The van der Waals surface area contributed by atoms with Gasteiger partial charge in [-0.05, 0) is 6.92 Å². The lowest BCUT2D eigenvalue weighted by atomic mass is 10.2. The highest BCUT2D eigenvalue weighted by Crippen LogP contribution is 2.37. The van der Waals surface area contributed by atoms with E-state index in [4.69, 9.17) is 15.2 Å². The van der Waals surface area contributed by atoms with E-state index >= 15 is 0 Å². The van der Waals surface area contributed by atoms with Crippen LogP contribution >= 0.6 is 0 Å². The molecule has 2 N–H and O–H groups in total. The van der Waals surface area contributed by atoms with Crippen molar-refractivity contribution in [3.63, 3.8) is 0 Å². The highest BCUT2D eigenvalue weighted by molar-refractivity contribution is 5.82. The van der Waals surface area contributed by atoms with Crippen LogP contribution in [-0.2, 0) is 14.3 Å². The molecule has 2 rings (SSSR count). The molecule has 4 atom stereocenters. The summed E-state index contributed by atoms with van der Waals surface area (Å²) >= 11 is 0. The Morgan fingerprint density at radius 2 is 2.00 bits per heavy atom. The van der Waals surface area contributed by atoms with E-state index in [9.17, 15) is 4.79 Å². The van der Waals surface area contributed by atoms with E-state index in [1.165, 1.54) is 0 Å². The Labute approximate surface area is 58.3 Å². The van der Waals surface area contributed by atoms with Gasteiger partial charge < -0.3 is 15.2 Å². The molecule has 1 amide bonds. The molecule has 0 aromatic rings. The maximum absolute atomic E-state index is 10.5. The molecule has 0 aliphatic carbocycles. The molecular formula is C6H9NO3. The molecule has 2 aliphatic rings. The van der Waals surface area contributed by atoms with E-state index in [-0.39, 0.29) is 30.3 Å². The van der Waals surface area contributed by atoms with Crippen LogP contribution in [0, 0.1) is 0 Å². The molecule has 10 heavy (non-hydrogen) atoms. The maximum atomic E-state index is 10.5. The van der Waals surface area contributed by atoms with Gasteiger partial charge in [0, 0.05) is 0 Å². The number of ether oxygens (including phenoxy) is 2. The largest absolute Gasteiger partial charge is 0.367 e. The third-order valence-electron chi connectivity index (χ3n) is 1.89. The molecule has 0 saturated carbocycles. The summed E-state index contributed by atoms with van der Waals surface area (Å²) in [6.07, 6.45) is -0.0608. The van der Waals surface area contributed by atoms with Gasteiger partial charge in [-0.25, -0.2) is 0 Å². The molecule has 0 aromatic heterocycles. The van der Waals surface area contributed by atoms with Gasteiger partial charge in [-0.3, -0.25) is 4.79 Å². The standard InChI is InChI=1S/C6H9NO3/c1-2-3(9-2)4-5(10-4)6(7)8/h2-5H,1H3,(H2,7,8)/t2-,3+,4-,5+/m0/s1. The summed E-state index contributed by atoms with van der Waals surface area (Å²) in [7, 11) is 0. The fourth-order valence-electron chi connectivity index (χ4n) is 1.15. The van der Waals surface area contributed by atoms with Crippen LogP contribution in [0.2, 0.25) is 0 Å². The zero-order valence-corrected chi connectivity index (χ0v) is 5.61. The van der Waals surface area contributed by atoms with Crippen LogP contribution in [0.25, 0.3) is 0 Å². The van der Waals surface area contributed by atoms with Crippen molar-refractivity contribution in [1.82, 2.24) is 0 Å². The molecule has 0 spiro atoms. The summed E-state index contributed by atoms with van der Waals surface area (Å²) in [5, 5.41) is 0. The van der Waals surface area contributed by atoms with Gasteiger partial charge in [0.25, 0.3) is 0 Å². The summed E-state index contributed by atoms with van der Waals surface area (Å²) in [6, 6.07) is 0. The quantitative estimate of drug-likeness (QED) is 0.505. The van der Waals surface area contributed by atoms with Crippen molar-refractivity contribution in [2.75, 3.05) is 0 Å². The van der Waals surface area contributed by atoms with Crippen LogP contribution in [-0.4, -0.2) is 30.3 Å². The van der Waals surface area contributed by atoms with E-state index in [1.54, 1.807) is 0 Å². The van der Waals surface area contributed by atoms with Gasteiger partial charge in [0.15, 0.2) is 6.10 Å². The van der Waals surface area contributed by atoms with Gasteiger partial charge in [-0.15, -0.1) is 0 Å². The monoisotopic (exact) mass is 143 g/mol. The van der Waals surface area contributed by atoms with Gasteiger partial charge in [0.2, 0.25) is 5.91 Å². The SMILES string of the molecule is C[C@@H]1O[C@H]1[C@@H]1O[C@H]1C(N)=O. The highest BCUT2D eigenvalue weighted by atomic mass is 16.7. The number of rotatable bonds is 2. The molecule has 4 heteroatoms. The number of epoxide rings is 2. The fourth-order valence-corrected chi connectivity index (χ4v) is 1.15. The Morgan fingerprint density at radius 3 is 2.30 bits per heavy atom. The number of primary amides is 1. The molecular weight excluding hydrogens is 134 g/mol. The average Bonchev–Trinajstić information content (AvgIpc) is 2.57. The molecule has 56 valence electrons. The van der Waals surface area contributed by atoms with Gasteiger partial charge in [0.1, 0.15) is 12.2 Å². The van der Waals surface area contributed by atoms with Gasteiger partial charge in [-0.1, -0.05) is 0 Å². The molecule has 0 aromatic carbocycles. The second-order valence-corrected chi connectivity index (χ2v) is 2.73. The number of nitrogens with two attached hydrogens (primary N) is 1. The minimum absolute atomic E-state index is 0.0486. The Hall–Kier alpha value is -0.610. The lowest BCUT2D eigenvalue weighted by molar-refractivity contribution is -0.119. The highest BCUT2D eigenvalue weighted by Gasteiger charge is 2.57. The Kier molecular flexibility index (Phi) is 1.04. The van der Waals surface area contributed by atoms with Gasteiger partial charge >= 0.3 is 0 Å². The first-order valence-corrected chi connectivity index (χ1v) is 3.30. The van der Waals surface area contributed by atoms with Crippen LogP contribution in [0.5, 0.6) is 0 Å². The molecule has 2 aliphatic heterocycles. The van der Waals surface area contributed by atoms with Crippen molar-refractivity contribution in [2.24, 2.45) is 5.73 Å². The third kappa shape index (κ3) is 0.803. The number of carbonyl (C=O) groups is 1. The van der Waals surface area contributed by atoms with Crippen molar-refractivity contribution in [1.29, 1.82) is 0 Å². The summed E-state index contributed by atoms with van der Waals surface area (Å²) in [5.74, 6) is -0.382. The van der Waals surface area contributed by atoms with Crippen molar-refractivity contribution in [3.8, 4) is 0 Å². The predicted molar refractivity (Wildman–Crippen MR) is 32.2 cm³/mol. The summed E-state index contributed by atoms with van der Waals surface area (Å²) in [6.45, 7) is 1.95. The summed E-state index contributed by atoms with van der Waals surface area (Å²) in [5.41, 5.74) is 4.98. The first-order chi connectivity index (χ1) is 4.70. The number of hydrogen-bond donors (Lipinski definition) is 1. The first-order valence-electron chi connectivity index (χ1n) is 3.30. The number of carbonyl (C=O) groups excluding carboxylic acids is 1. The average molecular weight is 143 g/mol. The van der Waals surface area contributed by atoms with Crippen LogP contribution in [0.15, 0.2) is 0 Å². The zero-order chi connectivity index (χ0) is 7.30. The van der Waals surface area contributed by atoms with Crippen LogP contribution < -0.4 is 5.73 Å². The van der Waals surface area contributed by atoms with E-state index in [1.807, 2.05) is 6.92 Å². The Bertz CT molecular complexity index is 182. The fraction of sp³-hybridized carbons (Fsp3) is 0.833. The topological polar surface area (TPSA) is 68.2 Å². The van der Waals surface area contributed by atoms with E-state index < -0.39 is 0 Å². The minimum Gasteiger partial charge on any atom is -0.367 e. The normalized spacial score (nSPS) is 50.5. The lowest BCUT2D eigenvalue weighted by Gasteiger charge is -1.80. The van der Waals surface area contributed by atoms with Crippen molar-refractivity contribution in [2.45, 2.75) is 31.3 Å². The van der Waals surface area contributed by atoms with E-state index in [0.29, 0.717) is 0 Å². The zero-order valence-electron chi connectivity index (χ0n) is 5.61. The van der Waals surface area contributed by atoms with E-state index in [0.717, 1.165) is 0 Å². The van der Waals surface area contributed by atoms with Crippen molar-refractivity contribution in [3.05, 3.63) is 0 Å². The van der Waals surface area contributed by atoms with Gasteiger partial charge in [-0.2, -0.15) is 0 Å². The molecule has 2 heterocycles. The van der Waals surface area contributed by atoms with Crippen LogP contribution in [0.3, 0.4) is 0 Å². The summed E-state index contributed by atoms with van der Waals surface area (Å²) < 4.78 is 10.1. The lowest BCUT2D eigenvalue weighted by Crippen LogP contribution is -2.21. The second kappa shape index (κ2) is 1.71. The molecule has 0 unspecified atom stereocenters. The van der Waals surface area contributed by atoms with Crippen LogP contribution in [0.1, 0.15) is 6.92 Å². The Balaban J connectivity index is 1.85. The van der Waals surface area contributed by atoms with Crippen molar-refractivity contribution >= 4 is 5.91 Å². The van der Waals surface area contributed by atoms with Crippen LogP contribution in [0.4, 0.5) is 0 Å². The predicted octanol–water partition coefficient (Wildman–Crippen LogP) is -0.974. The van der Waals surface area contributed by atoms with Gasteiger partial charge in [0.05, 0.1) is 6.10 Å². The molecule has 4 nitrogen and oxygen atoms in total. The summed E-state index contributed by atoms with van der Waals surface area (Å²) in [4.78, 5) is 10.5. The van der Waals surface area contributed by atoms with E-state index in [2.05, 4.69) is 0 Å². The second-order valence-electron chi connectivity index (χ2n) is 2.73. The number of hydrogen-bond acceptors (Lipinski definition) is 3. The third-order valence-corrected chi connectivity index (χ3v) is 1.89. The molecule has 0 radical (unpaired) electrons. The molecule has 0 bridgehead atoms. The Morgan fingerprint density at radius 1 is 1.40 bits per heavy atom. The minimum atomic E-state index is -0.382. The smallest absolute Gasteiger partial charge is 0.249 e. The first kappa shape index (κ1) is 6.12.